The Labute approximate surface area is 196 Å². The third kappa shape index (κ3) is 6.27. The number of nitriles is 1. The van der Waals surface area contributed by atoms with Crippen molar-refractivity contribution >= 4 is 40.9 Å². The number of rotatable bonds is 8. The van der Waals surface area contributed by atoms with Crippen LogP contribution in [0.4, 0.5) is 5.69 Å². The minimum atomic E-state index is -0.548. The molecule has 1 amide bonds. The molecule has 0 aliphatic carbocycles. The van der Waals surface area contributed by atoms with E-state index in [1.54, 1.807) is 48.5 Å². The van der Waals surface area contributed by atoms with Crippen LogP contribution in [0.5, 0.6) is 11.5 Å². The summed E-state index contributed by atoms with van der Waals surface area (Å²) in [7, 11) is 0. The summed E-state index contributed by atoms with van der Waals surface area (Å²) in [4.78, 5) is 12.7. The molecule has 0 unspecified atom stereocenters. The van der Waals surface area contributed by atoms with Crippen molar-refractivity contribution in [2.75, 3.05) is 11.9 Å². The van der Waals surface area contributed by atoms with Crippen molar-refractivity contribution in [2.24, 2.45) is 0 Å². The maximum atomic E-state index is 12.7. The van der Waals surface area contributed by atoms with Crippen LogP contribution in [0.1, 0.15) is 18.1 Å². The summed E-state index contributed by atoms with van der Waals surface area (Å²) in [6, 6.07) is 21.2. The summed E-state index contributed by atoms with van der Waals surface area (Å²) >= 11 is 12.3. The highest BCUT2D eigenvalue weighted by Crippen LogP contribution is 2.27. The summed E-state index contributed by atoms with van der Waals surface area (Å²) in [5, 5.41) is 13.3. The van der Waals surface area contributed by atoms with Crippen molar-refractivity contribution in [3.05, 3.63) is 93.5 Å². The molecule has 7 heteroatoms. The maximum absolute atomic E-state index is 12.7. The van der Waals surface area contributed by atoms with Gasteiger partial charge in [-0.25, -0.2) is 0 Å². The van der Waals surface area contributed by atoms with Crippen molar-refractivity contribution in [2.45, 2.75) is 13.5 Å². The molecule has 0 aliphatic heterocycles. The quantitative estimate of drug-likeness (QED) is 0.303. The molecule has 0 aliphatic rings. The Kier molecular flexibility index (Phi) is 8.15. The van der Waals surface area contributed by atoms with Gasteiger partial charge in [0.2, 0.25) is 0 Å². The van der Waals surface area contributed by atoms with E-state index in [0.29, 0.717) is 39.4 Å². The predicted octanol–water partition coefficient (Wildman–Crippen LogP) is 6.52. The lowest BCUT2D eigenvalue weighted by atomic mass is 10.1. The SMILES string of the molecule is CCOc1ccc(NC(=O)/C(C#N)=C/c2cc(Cl)ccc2OCc2ccccc2Cl)cc1. The highest BCUT2D eigenvalue weighted by molar-refractivity contribution is 6.31. The zero-order valence-electron chi connectivity index (χ0n) is 17.3. The lowest BCUT2D eigenvalue weighted by Gasteiger charge is -2.11. The van der Waals surface area contributed by atoms with Crippen LogP contribution in [-0.4, -0.2) is 12.5 Å². The molecule has 0 bridgehead atoms. The summed E-state index contributed by atoms with van der Waals surface area (Å²) in [5.74, 6) is 0.616. The molecule has 5 nitrogen and oxygen atoms in total. The fourth-order valence-corrected chi connectivity index (χ4v) is 3.21. The van der Waals surface area contributed by atoms with Gasteiger partial charge in [-0.15, -0.1) is 0 Å². The average molecular weight is 467 g/mol. The number of hydrogen-bond acceptors (Lipinski definition) is 4. The first-order valence-electron chi connectivity index (χ1n) is 9.82. The highest BCUT2D eigenvalue weighted by atomic mass is 35.5. The lowest BCUT2D eigenvalue weighted by Crippen LogP contribution is -2.13. The molecule has 0 fully saturated rings. The smallest absolute Gasteiger partial charge is 0.266 e. The van der Waals surface area contributed by atoms with E-state index < -0.39 is 5.91 Å². The number of amides is 1. The first-order valence-corrected chi connectivity index (χ1v) is 10.6. The second-order valence-corrected chi connectivity index (χ2v) is 7.49. The Morgan fingerprint density at radius 3 is 2.50 bits per heavy atom. The summed E-state index contributed by atoms with van der Waals surface area (Å²) in [5.41, 5.74) is 1.76. The van der Waals surface area contributed by atoms with Crippen LogP contribution in [0.2, 0.25) is 10.0 Å². The van der Waals surface area contributed by atoms with Gasteiger partial charge in [-0.1, -0.05) is 41.4 Å². The molecule has 0 aromatic heterocycles. The van der Waals surface area contributed by atoms with Gasteiger partial charge in [-0.3, -0.25) is 4.79 Å². The normalized spacial score (nSPS) is 10.9. The van der Waals surface area contributed by atoms with Gasteiger partial charge in [0.05, 0.1) is 6.61 Å². The number of nitrogens with one attached hydrogen (secondary N) is 1. The van der Waals surface area contributed by atoms with Crippen LogP contribution in [0.3, 0.4) is 0 Å². The first kappa shape index (κ1) is 23.2. The van der Waals surface area contributed by atoms with Crippen molar-refractivity contribution < 1.29 is 14.3 Å². The number of carbonyl (C=O) groups is 1. The monoisotopic (exact) mass is 466 g/mol. The second kappa shape index (κ2) is 11.2. The van der Waals surface area contributed by atoms with Gasteiger partial charge in [-0.05, 0) is 61.5 Å². The molecule has 3 aromatic rings. The number of nitrogens with zero attached hydrogens (tertiary/aromatic N) is 1. The van der Waals surface area contributed by atoms with Gasteiger partial charge in [0, 0.05) is 26.9 Å². The van der Waals surface area contributed by atoms with Crippen molar-refractivity contribution in [3.63, 3.8) is 0 Å². The highest BCUT2D eigenvalue weighted by Gasteiger charge is 2.13. The van der Waals surface area contributed by atoms with E-state index in [2.05, 4.69) is 5.32 Å². The lowest BCUT2D eigenvalue weighted by molar-refractivity contribution is -0.112. The average Bonchev–Trinajstić information content (AvgIpc) is 2.79. The Balaban J connectivity index is 1.79. The topological polar surface area (TPSA) is 71.3 Å². The number of halogens is 2. The molecule has 3 rings (SSSR count). The molecule has 162 valence electrons. The number of benzene rings is 3. The van der Waals surface area contributed by atoms with Crippen molar-refractivity contribution in [1.82, 2.24) is 0 Å². The largest absolute Gasteiger partial charge is 0.494 e. The van der Waals surface area contributed by atoms with Crippen LogP contribution in [0.15, 0.2) is 72.3 Å². The van der Waals surface area contributed by atoms with E-state index in [-0.39, 0.29) is 12.2 Å². The molecule has 0 heterocycles. The number of anilines is 1. The van der Waals surface area contributed by atoms with Gasteiger partial charge in [-0.2, -0.15) is 5.26 Å². The zero-order valence-corrected chi connectivity index (χ0v) is 18.8. The Morgan fingerprint density at radius 1 is 1.06 bits per heavy atom. The number of hydrogen-bond donors (Lipinski definition) is 1. The molecular weight excluding hydrogens is 447 g/mol. The summed E-state index contributed by atoms with van der Waals surface area (Å²) in [6.45, 7) is 2.66. The number of ether oxygens (including phenoxy) is 2. The van der Waals surface area contributed by atoms with E-state index in [9.17, 15) is 10.1 Å². The first-order chi connectivity index (χ1) is 15.5. The second-order valence-electron chi connectivity index (χ2n) is 6.64. The molecule has 32 heavy (non-hydrogen) atoms. The summed E-state index contributed by atoms with van der Waals surface area (Å²) < 4.78 is 11.3. The van der Waals surface area contributed by atoms with E-state index in [4.69, 9.17) is 32.7 Å². The minimum absolute atomic E-state index is 0.0938. The molecule has 0 atom stereocenters. The third-order valence-electron chi connectivity index (χ3n) is 4.40. The Hall–Kier alpha value is -3.46. The molecular formula is C25H20Cl2N2O3. The van der Waals surface area contributed by atoms with Crippen molar-refractivity contribution in [3.8, 4) is 17.6 Å². The van der Waals surface area contributed by atoms with Gasteiger partial charge in [0.1, 0.15) is 29.7 Å². The zero-order chi connectivity index (χ0) is 22.9. The van der Waals surface area contributed by atoms with Crippen LogP contribution < -0.4 is 14.8 Å². The predicted molar refractivity (Wildman–Crippen MR) is 127 cm³/mol. The van der Waals surface area contributed by atoms with Crippen molar-refractivity contribution in [1.29, 1.82) is 5.26 Å². The molecule has 0 saturated carbocycles. The summed E-state index contributed by atoms with van der Waals surface area (Å²) in [6.07, 6.45) is 1.44. The number of carbonyl (C=O) groups excluding carboxylic acids is 1. The standard InChI is InChI=1S/C25H20Cl2N2O3/c1-2-31-22-10-8-21(9-11-22)29-25(30)19(15-28)13-18-14-20(26)7-12-24(18)32-16-17-5-3-4-6-23(17)27/h3-14H,2,16H2,1H3,(H,29,30)/b19-13+. The van der Waals surface area contributed by atoms with E-state index in [1.807, 2.05) is 31.2 Å². The molecule has 0 radical (unpaired) electrons. The molecule has 0 spiro atoms. The molecule has 0 saturated heterocycles. The van der Waals surface area contributed by atoms with E-state index in [0.717, 1.165) is 5.56 Å². The molecule has 1 N–H and O–H groups in total. The fourth-order valence-electron chi connectivity index (χ4n) is 2.84. The maximum Gasteiger partial charge on any atom is 0.266 e. The van der Waals surface area contributed by atoms with E-state index in [1.165, 1.54) is 6.08 Å². The van der Waals surface area contributed by atoms with Gasteiger partial charge < -0.3 is 14.8 Å². The van der Waals surface area contributed by atoms with E-state index >= 15 is 0 Å². The van der Waals surface area contributed by atoms with Crippen LogP contribution in [-0.2, 0) is 11.4 Å². The van der Waals surface area contributed by atoms with Crippen LogP contribution in [0, 0.1) is 11.3 Å². The van der Waals surface area contributed by atoms with Crippen LogP contribution >= 0.6 is 23.2 Å². The van der Waals surface area contributed by atoms with Gasteiger partial charge in [0.25, 0.3) is 5.91 Å². The molecule has 3 aromatic carbocycles. The Bertz CT molecular complexity index is 1170. The fraction of sp³-hybridized carbons (Fsp3) is 0.120. The Morgan fingerprint density at radius 2 is 1.81 bits per heavy atom. The minimum Gasteiger partial charge on any atom is -0.494 e. The van der Waals surface area contributed by atoms with Gasteiger partial charge >= 0.3 is 0 Å². The third-order valence-corrected chi connectivity index (χ3v) is 5.00. The van der Waals surface area contributed by atoms with Crippen LogP contribution in [0.25, 0.3) is 6.08 Å². The van der Waals surface area contributed by atoms with Gasteiger partial charge in [0.15, 0.2) is 0 Å².